The predicted molar refractivity (Wildman–Crippen MR) is 100 cm³/mol. The Balaban J connectivity index is 1.33. The highest BCUT2D eigenvalue weighted by molar-refractivity contribution is 8.00. The average Bonchev–Trinajstić information content (AvgIpc) is 3.41. The molecule has 1 saturated carbocycles. The molecule has 1 aromatic heterocycles. The second-order valence-corrected chi connectivity index (χ2v) is 8.24. The maximum Gasteiger partial charge on any atom is 0.232 e. The molecular weight excluding hydrogens is 332 g/mol. The number of thioether (sulfide) groups is 1. The van der Waals surface area contributed by atoms with Gasteiger partial charge in [-0.2, -0.15) is 0 Å². The summed E-state index contributed by atoms with van der Waals surface area (Å²) in [6.07, 6.45) is 8.17. The van der Waals surface area contributed by atoms with Crippen molar-refractivity contribution in [3.63, 3.8) is 0 Å². The van der Waals surface area contributed by atoms with Gasteiger partial charge in [-0.25, -0.2) is 4.68 Å². The number of nitrogens with zero attached hydrogens (tertiary/aromatic N) is 4. The largest absolute Gasteiger partial charge is 0.340 e. The number of hydrogen-bond acceptors (Lipinski definition) is 4. The molecule has 2 fully saturated rings. The minimum Gasteiger partial charge on any atom is -0.340 e. The van der Waals surface area contributed by atoms with Crippen LogP contribution in [0.15, 0.2) is 36.5 Å². The number of hydrogen-bond donors (Lipinski definition) is 0. The van der Waals surface area contributed by atoms with Gasteiger partial charge in [0, 0.05) is 23.9 Å². The van der Waals surface area contributed by atoms with Gasteiger partial charge in [0.1, 0.15) is 5.69 Å². The van der Waals surface area contributed by atoms with Crippen molar-refractivity contribution in [2.45, 2.75) is 43.4 Å². The van der Waals surface area contributed by atoms with E-state index in [1.165, 1.54) is 25.7 Å². The van der Waals surface area contributed by atoms with Gasteiger partial charge in [-0.1, -0.05) is 48.4 Å². The van der Waals surface area contributed by atoms with E-state index in [1.807, 2.05) is 57.9 Å². The van der Waals surface area contributed by atoms with E-state index in [2.05, 4.69) is 10.3 Å². The summed E-state index contributed by atoms with van der Waals surface area (Å²) in [7, 11) is 0. The third kappa shape index (κ3) is 3.89. The molecule has 0 radical (unpaired) electrons. The van der Waals surface area contributed by atoms with Crippen LogP contribution in [0, 0.1) is 0 Å². The van der Waals surface area contributed by atoms with Gasteiger partial charge < -0.3 is 4.90 Å². The number of benzene rings is 1. The summed E-state index contributed by atoms with van der Waals surface area (Å²) in [4.78, 5) is 14.5. The summed E-state index contributed by atoms with van der Waals surface area (Å²) in [5, 5.41) is 9.30. The zero-order valence-corrected chi connectivity index (χ0v) is 15.2. The Morgan fingerprint density at radius 3 is 2.76 bits per heavy atom. The van der Waals surface area contributed by atoms with Gasteiger partial charge in [0.05, 0.1) is 18.0 Å². The van der Waals surface area contributed by atoms with Crippen LogP contribution < -0.4 is 0 Å². The normalized spacial score (nSPS) is 21.1. The van der Waals surface area contributed by atoms with Crippen molar-refractivity contribution in [3.8, 4) is 11.3 Å². The van der Waals surface area contributed by atoms with Crippen LogP contribution in [-0.4, -0.2) is 49.9 Å². The lowest BCUT2D eigenvalue weighted by Crippen LogP contribution is -2.31. The van der Waals surface area contributed by atoms with Crippen LogP contribution in [0.25, 0.3) is 11.3 Å². The molecule has 0 spiro atoms. The molecule has 5 nitrogen and oxygen atoms in total. The lowest BCUT2D eigenvalue weighted by atomic mass is 10.2. The molecule has 1 aromatic carbocycles. The minimum atomic E-state index is 0.241. The van der Waals surface area contributed by atoms with E-state index in [4.69, 9.17) is 0 Å². The zero-order chi connectivity index (χ0) is 17.1. The predicted octanol–water partition coefficient (Wildman–Crippen LogP) is 3.39. The van der Waals surface area contributed by atoms with Crippen LogP contribution in [0.5, 0.6) is 0 Å². The highest BCUT2D eigenvalue weighted by atomic mass is 32.2. The molecule has 1 amide bonds. The van der Waals surface area contributed by atoms with Gasteiger partial charge in [0.25, 0.3) is 0 Å². The molecule has 25 heavy (non-hydrogen) atoms. The standard InChI is InChI=1S/C19H24N4OS/c24-19(14-25-17-8-4-5-9-17)22-11-10-16(12-22)23-13-18(20-21-23)15-6-2-1-3-7-15/h1-3,6-7,13,16-17H,4-5,8-12,14H2. The summed E-state index contributed by atoms with van der Waals surface area (Å²) in [6.45, 7) is 1.58. The Bertz CT molecular complexity index is 711. The van der Waals surface area contributed by atoms with Crippen molar-refractivity contribution in [3.05, 3.63) is 36.5 Å². The summed E-state index contributed by atoms with van der Waals surface area (Å²) in [6, 6.07) is 10.3. The molecule has 4 rings (SSSR count). The Hall–Kier alpha value is -1.82. The molecule has 2 heterocycles. The SMILES string of the molecule is O=C(CSC1CCCC1)N1CCC(n2cc(-c3ccccc3)nn2)C1. The molecule has 2 aromatic rings. The highest BCUT2D eigenvalue weighted by Crippen LogP contribution is 2.30. The first-order valence-corrected chi connectivity index (χ1v) is 10.2. The molecule has 132 valence electrons. The molecule has 0 N–H and O–H groups in total. The molecule has 2 aliphatic rings. The van der Waals surface area contributed by atoms with Crippen molar-refractivity contribution in [1.82, 2.24) is 19.9 Å². The first kappa shape index (κ1) is 16.6. The van der Waals surface area contributed by atoms with Gasteiger partial charge in [-0.15, -0.1) is 16.9 Å². The fraction of sp³-hybridized carbons (Fsp3) is 0.526. The molecule has 1 aliphatic heterocycles. The lowest BCUT2D eigenvalue weighted by Gasteiger charge is -2.17. The molecule has 0 bridgehead atoms. The van der Waals surface area contributed by atoms with Crippen molar-refractivity contribution < 1.29 is 4.79 Å². The number of rotatable bonds is 5. The fourth-order valence-corrected chi connectivity index (χ4v) is 4.94. The smallest absolute Gasteiger partial charge is 0.232 e. The highest BCUT2D eigenvalue weighted by Gasteiger charge is 2.29. The van der Waals surface area contributed by atoms with Crippen LogP contribution in [0.2, 0.25) is 0 Å². The van der Waals surface area contributed by atoms with Gasteiger partial charge in [0.2, 0.25) is 5.91 Å². The number of amides is 1. The summed E-state index contributed by atoms with van der Waals surface area (Å²) < 4.78 is 1.93. The second-order valence-electron chi connectivity index (χ2n) is 6.95. The topological polar surface area (TPSA) is 51.0 Å². The molecule has 1 aliphatic carbocycles. The summed E-state index contributed by atoms with van der Waals surface area (Å²) in [5.74, 6) is 0.909. The zero-order valence-electron chi connectivity index (χ0n) is 14.4. The molecule has 1 unspecified atom stereocenters. The van der Waals surface area contributed by atoms with E-state index in [1.54, 1.807) is 0 Å². The minimum absolute atomic E-state index is 0.241. The van der Waals surface area contributed by atoms with E-state index in [0.29, 0.717) is 11.0 Å². The van der Waals surface area contributed by atoms with Crippen molar-refractivity contribution >= 4 is 17.7 Å². The number of likely N-dealkylation sites (tertiary alicyclic amines) is 1. The number of carbonyl (C=O) groups excluding carboxylic acids is 1. The quantitative estimate of drug-likeness (QED) is 0.824. The maximum atomic E-state index is 12.5. The molecule has 1 atom stereocenters. The first-order chi connectivity index (χ1) is 12.3. The third-order valence-corrected chi connectivity index (χ3v) is 6.57. The van der Waals surface area contributed by atoms with E-state index in [9.17, 15) is 4.79 Å². The molecule has 1 saturated heterocycles. The van der Waals surface area contributed by atoms with Gasteiger partial charge in [-0.05, 0) is 19.3 Å². The van der Waals surface area contributed by atoms with Crippen molar-refractivity contribution in [1.29, 1.82) is 0 Å². The third-order valence-electron chi connectivity index (χ3n) is 5.21. The Kier molecular flexibility index (Phi) is 5.06. The Morgan fingerprint density at radius 2 is 1.96 bits per heavy atom. The van der Waals surface area contributed by atoms with Crippen LogP contribution >= 0.6 is 11.8 Å². The first-order valence-electron chi connectivity index (χ1n) is 9.16. The lowest BCUT2D eigenvalue weighted by molar-refractivity contribution is -0.127. The Labute approximate surface area is 152 Å². The van der Waals surface area contributed by atoms with Crippen LogP contribution in [0.4, 0.5) is 0 Å². The van der Waals surface area contributed by atoms with E-state index < -0.39 is 0 Å². The summed E-state index contributed by atoms with van der Waals surface area (Å²) in [5.41, 5.74) is 1.97. The number of carbonyl (C=O) groups is 1. The number of aromatic nitrogens is 3. The van der Waals surface area contributed by atoms with Gasteiger partial charge in [-0.3, -0.25) is 4.79 Å². The van der Waals surface area contributed by atoms with E-state index >= 15 is 0 Å². The monoisotopic (exact) mass is 356 g/mol. The van der Waals surface area contributed by atoms with Crippen LogP contribution in [-0.2, 0) is 4.79 Å². The second kappa shape index (κ2) is 7.60. The molecular formula is C19H24N4OS. The van der Waals surface area contributed by atoms with Gasteiger partial charge in [0.15, 0.2) is 0 Å². The maximum absolute atomic E-state index is 12.5. The molecule has 6 heteroatoms. The van der Waals surface area contributed by atoms with Crippen molar-refractivity contribution in [2.75, 3.05) is 18.8 Å². The van der Waals surface area contributed by atoms with Crippen molar-refractivity contribution in [2.24, 2.45) is 0 Å². The average molecular weight is 356 g/mol. The summed E-state index contributed by atoms with van der Waals surface area (Å²) >= 11 is 1.85. The van der Waals surface area contributed by atoms with Crippen LogP contribution in [0.3, 0.4) is 0 Å². The van der Waals surface area contributed by atoms with Crippen LogP contribution in [0.1, 0.15) is 38.1 Å². The van der Waals surface area contributed by atoms with E-state index in [-0.39, 0.29) is 11.9 Å². The van der Waals surface area contributed by atoms with Gasteiger partial charge >= 0.3 is 0 Å². The van der Waals surface area contributed by atoms with E-state index in [0.717, 1.165) is 30.8 Å². The Morgan fingerprint density at radius 1 is 1.16 bits per heavy atom. The fourth-order valence-electron chi connectivity index (χ4n) is 3.72.